The van der Waals surface area contributed by atoms with E-state index in [9.17, 15) is 9.28 Å². The zero-order chi connectivity index (χ0) is 13.0. The predicted molar refractivity (Wildman–Crippen MR) is 66.2 cm³/mol. The fourth-order valence-electron chi connectivity index (χ4n) is 2.31. The topological polar surface area (TPSA) is 36.4 Å². The second kappa shape index (κ2) is 5.91. The van der Waals surface area contributed by atoms with Crippen molar-refractivity contribution < 1.29 is 9.28 Å². The zero-order valence-electron chi connectivity index (χ0n) is 10.6. The Balaban J connectivity index is 1.82. The van der Waals surface area contributed by atoms with Crippen molar-refractivity contribution in [3.8, 4) is 0 Å². The molecule has 1 aliphatic rings. The van der Waals surface area contributed by atoms with Crippen LogP contribution in [0.4, 0.5) is 4.48 Å². The highest BCUT2D eigenvalue weighted by atomic mass is 19.2. The average Bonchev–Trinajstić information content (AvgIpc) is 2.40. The Labute approximate surface area is 106 Å². The number of hydrogen-bond donors (Lipinski definition) is 0. The minimum Gasteiger partial charge on any atom is -0.299 e. The summed E-state index contributed by atoms with van der Waals surface area (Å²) in [7, 11) is 0. The molecular formula is C13H18FN3O. The number of piperidine rings is 1. The maximum Gasteiger partial charge on any atom is 0.247 e. The molecule has 98 valence electrons. The molecule has 0 unspecified atom stereocenters. The van der Waals surface area contributed by atoms with Crippen molar-refractivity contribution in [2.45, 2.75) is 32.4 Å². The summed E-state index contributed by atoms with van der Waals surface area (Å²) in [6.07, 6.45) is 4.99. The van der Waals surface area contributed by atoms with Gasteiger partial charge >= 0.3 is 0 Å². The summed E-state index contributed by atoms with van der Waals surface area (Å²) in [4.78, 5) is 17.3. The number of carbonyl (C=O) groups excluding carboxylic acids is 1. The minimum absolute atomic E-state index is 0.257. The molecule has 18 heavy (non-hydrogen) atoms. The molecule has 0 atom stereocenters. The number of likely N-dealkylation sites (tertiary alicyclic amines) is 1. The lowest BCUT2D eigenvalue weighted by molar-refractivity contribution is -0.152. The van der Waals surface area contributed by atoms with Gasteiger partial charge in [-0.05, 0) is 24.5 Å². The van der Waals surface area contributed by atoms with Crippen molar-refractivity contribution in [2.24, 2.45) is 0 Å². The van der Waals surface area contributed by atoms with Gasteiger partial charge in [-0.2, -0.15) is 5.12 Å². The molecule has 1 saturated heterocycles. The van der Waals surface area contributed by atoms with Gasteiger partial charge in [-0.3, -0.25) is 14.7 Å². The molecule has 0 aromatic carbocycles. The smallest absolute Gasteiger partial charge is 0.247 e. The van der Waals surface area contributed by atoms with Crippen molar-refractivity contribution in [2.75, 3.05) is 13.1 Å². The fraction of sp³-hybridized carbons (Fsp3) is 0.538. The maximum atomic E-state index is 13.4. The van der Waals surface area contributed by atoms with Crippen LogP contribution < -0.4 is 0 Å². The normalized spacial score (nSPS) is 17.7. The molecule has 5 heteroatoms. The molecule has 1 fully saturated rings. The Morgan fingerprint density at radius 1 is 1.56 bits per heavy atom. The van der Waals surface area contributed by atoms with Gasteiger partial charge in [0.15, 0.2) is 0 Å². The number of halogens is 1. The number of pyridine rings is 1. The summed E-state index contributed by atoms with van der Waals surface area (Å²) < 4.78 is 13.4. The molecule has 0 N–H and O–H groups in total. The molecule has 2 rings (SSSR count). The van der Waals surface area contributed by atoms with Gasteiger partial charge < -0.3 is 0 Å². The van der Waals surface area contributed by atoms with Gasteiger partial charge in [0.05, 0.1) is 6.04 Å². The quantitative estimate of drug-likeness (QED) is 0.768. The van der Waals surface area contributed by atoms with E-state index in [2.05, 4.69) is 9.88 Å². The van der Waals surface area contributed by atoms with E-state index in [0.29, 0.717) is 18.0 Å². The summed E-state index contributed by atoms with van der Waals surface area (Å²) in [5.74, 6) is -0.499. The molecular weight excluding hydrogens is 233 g/mol. The van der Waals surface area contributed by atoms with Crippen LogP contribution in [0.1, 0.15) is 25.3 Å². The lowest BCUT2D eigenvalue weighted by Crippen LogP contribution is -2.43. The number of hydrogen-bond acceptors (Lipinski definition) is 3. The number of aromatic nitrogens is 1. The fourth-order valence-corrected chi connectivity index (χ4v) is 2.31. The molecule has 1 aromatic heterocycles. The molecule has 0 aliphatic carbocycles. The molecule has 1 amide bonds. The highest BCUT2D eigenvalue weighted by Gasteiger charge is 2.26. The first-order valence-electron chi connectivity index (χ1n) is 6.23. The average molecular weight is 251 g/mol. The lowest BCUT2D eigenvalue weighted by atomic mass is 10.0. The van der Waals surface area contributed by atoms with Crippen molar-refractivity contribution in [1.82, 2.24) is 15.0 Å². The summed E-state index contributed by atoms with van der Waals surface area (Å²) in [5, 5.41) is 0.376. The predicted octanol–water partition coefficient (Wildman–Crippen LogP) is 1.78. The van der Waals surface area contributed by atoms with Crippen LogP contribution >= 0.6 is 0 Å². The highest BCUT2D eigenvalue weighted by molar-refractivity contribution is 5.72. The van der Waals surface area contributed by atoms with Gasteiger partial charge in [-0.25, -0.2) is 0 Å². The van der Waals surface area contributed by atoms with Crippen LogP contribution in [0.15, 0.2) is 24.5 Å². The Morgan fingerprint density at radius 2 is 2.28 bits per heavy atom. The Hall–Kier alpha value is -1.49. The molecule has 0 radical (unpaired) electrons. The van der Waals surface area contributed by atoms with Crippen LogP contribution in [0.5, 0.6) is 0 Å². The largest absolute Gasteiger partial charge is 0.299 e. The number of amides is 1. The summed E-state index contributed by atoms with van der Waals surface area (Å²) in [6, 6.07) is 3.70. The highest BCUT2D eigenvalue weighted by Crippen LogP contribution is 2.18. The van der Waals surface area contributed by atoms with E-state index in [0.717, 1.165) is 19.6 Å². The van der Waals surface area contributed by atoms with Crippen LogP contribution in [0.25, 0.3) is 0 Å². The van der Waals surface area contributed by atoms with E-state index in [1.807, 2.05) is 18.3 Å². The van der Waals surface area contributed by atoms with E-state index in [-0.39, 0.29) is 6.04 Å². The molecule has 2 heterocycles. The van der Waals surface area contributed by atoms with E-state index >= 15 is 0 Å². The number of nitrogens with zero attached hydrogens (tertiary/aromatic N) is 3. The van der Waals surface area contributed by atoms with Gasteiger partial charge in [0.25, 0.3) is 0 Å². The second-order valence-electron chi connectivity index (χ2n) is 4.70. The van der Waals surface area contributed by atoms with Crippen molar-refractivity contribution in [1.29, 1.82) is 0 Å². The van der Waals surface area contributed by atoms with Crippen LogP contribution in [0.3, 0.4) is 0 Å². The summed E-state index contributed by atoms with van der Waals surface area (Å²) >= 11 is 0. The van der Waals surface area contributed by atoms with E-state index in [1.54, 1.807) is 6.20 Å². The Morgan fingerprint density at radius 3 is 2.83 bits per heavy atom. The first-order valence-corrected chi connectivity index (χ1v) is 6.23. The van der Waals surface area contributed by atoms with Crippen molar-refractivity contribution in [3.05, 3.63) is 30.1 Å². The Kier molecular flexibility index (Phi) is 4.25. The monoisotopic (exact) mass is 251 g/mol. The van der Waals surface area contributed by atoms with Crippen LogP contribution in [-0.2, 0) is 11.3 Å². The van der Waals surface area contributed by atoms with Gasteiger partial charge in [0.1, 0.15) is 0 Å². The summed E-state index contributed by atoms with van der Waals surface area (Å²) in [6.45, 7) is 3.73. The minimum atomic E-state index is -0.499. The molecule has 0 spiro atoms. The maximum absolute atomic E-state index is 13.4. The molecule has 0 saturated carbocycles. The first-order chi connectivity index (χ1) is 8.66. The van der Waals surface area contributed by atoms with Crippen LogP contribution in [0, 0.1) is 0 Å². The van der Waals surface area contributed by atoms with Crippen LogP contribution in [-0.4, -0.2) is 40.0 Å². The van der Waals surface area contributed by atoms with Gasteiger partial charge in [0, 0.05) is 39.0 Å². The zero-order valence-corrected chi connectivity index (χ0v) is 10.6. The lowest BCUT2D eigenvalue weighted by Gasteiger charge is -2.33. The van der Waals surface area contributed by atoms with E-state index in [4.69, 9.17) is 0 Å². The van der Waals surface area contributed by atoms with Gasteiger partial charge in [-0.15, -0.1) is 0 Å². The Bertz CT molecular complexity index is 390. The first kappa shape index (κ1) is 13.0. The molecule has 1 aromatic rings. The third-order valence-electron chi connectivity index (χ3n) is 3.31. The molecule has 0 bridgehead atoms. The summed E-state index contributed by atoms with van der Waals surface area (Å²) in [5.41, 5.74) is 1.17. The van der Waals surface area contributed by atoms with E-state index < -0.39 is 5.91 Å². The molecule has 4 nitrogen and oxygen atoms in total. The molecule has 1 aliphatic heterocycles. The second-order valence-corrected chi connectivity index (χ2v) is 4.70. The van der Waals surface area contributed by atoms with Gasteiger partial charge in [0.2, 0.25) is 5.91 Å². The van der Waals surface area contributed by atoms with Crippen LogP contribution in [0.2, 0.25) is 0 Å². The third-order valence-corrected chi connectivity index (χ3v) is 3.31. The number of rotatable bonds is 3. The third kappa shape index (κ3) is 3.26. The SMILES string of the molecule is CC(=O)N(F)C1CCN(Cc2cccnc2)CC1. The standard InChI is InChI=1S/C13H18FN3O/c1-11(18)17(14)13-4-7-16(8-5-13)10-12-3-2-6-15-9-12/h2-3,6,9,13H,4-5,7-8,10H2,1H3. The van der Waals surface area contributed by atoms with Crippen molar-refractivity contribution >= 4 is 5.91 Å². The number of carbonyl (C=O) groups is 1. The van der Waals surface area contributed by atoms with E-state index in [1.165, 1.54) is 12.5 Å². The van der Waals surface area contributed by atoms with Crippen molar-refractivity contribution in [3.63, 3.8) is 0 Å². The van der Waals surface area contributed by atoms with Gasteiger partial charge in [-0.1, -0.05) is 10.5 Å².